The van der Waals surface area contributed by atoms with E-state index in [1.54, 1.807) is 0 Å². The quantitative estimate of drug-likeness (QED) is 0.523. The van der Waals surface area contributed by atoms with Crippen LogP contribution in [0.4, 0.5) is 0 Å². The predicted octanol–water partition coefficient (Wildman–Crippen LogP) is 5.29. The Labute approximate surface area is 169 Å². The van der Waals surface area contributed by atoms with Gasteiger partial charge in [0.05, 0.1) is 6.04 Å². The van der Waals surface area contributed by atoms with Crippen LogP contribution in [0.5, 0.6) is 0 Å². The van der Waals surface area contributed by atoms with E-state index in [0.717, 1.165) is 0 Å². The molecule has 4 rings (SSSR count). The van der Waals surface area contributed by atoms with Crippen molar-refractivity contribution in [2.75, 3.05) is 14.1 Å². The van der Waals surface area contributed by atoms with Gasteiger partial charge in [0.15, 0.2) is 0 Å². The summed E-state index contributed by atoms with van der Waals surface area (Å²) >= 11 is 0. The van der Waals surface area contributed by atoms with E-state index >= 15 is 0 Å². The van der Waals surface area contributed by atoms with Crippen LogP contribution in [0.1, 0.15) is 11.6 Å². The Morgan fingerprint density at radius 2 is 1.21 bits per heavy atom. The van der Waals surface area contributed by atoms with Crippen molar-refractivity contribution in [1.82, 2.24) is 4.90 Å². The lowest BCUT2D eigenvalue weighted by Crippen LogP contribution is -2.21. The van der Waals surface area contributed by atoms with Crippen molar-refractivity contribution in [3.63, 3.8) is 0 Å². The highest BCUT2D eigenvalue weighted by Crippen LogP contribution is 2.45. The van der Waals surface area contributed by atoms with Gasteiger partial charge in [-0.3, -0.25) is 4.90 Å². The van der Waals surface area contributed by atoms with Gasteiger partial charge >= 0.3 is 0 Å². The molecule has 1 aliphatic rings. The topological polar surface area (TPSA) is 3.24 Å². The molecule has 2 atom stereocenters. The molecular formula is C26H26NP. The smallest absolute Gasteiger partial charge is 0.0593 e. The normalized spacial score (nSPS) is 17.1. The molecule has 1 nitrogen and oxygen atoms in total. The molecule has 0 saturated heterocycles. The van der Waals surface area contributed by atoms with E-state index in [-0.39, 0.29) is 6.04 Å². The standard InChI is InChI=1S/C26H26NP/c1-27(2)26(21-12-6-3-7-13-21)22-18-19-25(20-22)28(23-14-8-4-9-15-23)24-16-10-5-11-17-24/h3-20,25-26H,1-2H3/t25?,26-/m0/s1. The maximum absolute atomic E-state index is 2.49. The first-order valence-corrected chi connectivity index (χ1v) is 11.2. The van der Waals surface area contributed by atoms with Crippen LogP contribution >= 0.6 is 7.92 Å². The third-order valence-corrected chi connectivity index (χ3v) is 7.79. The minimum Gasteiger partial charge on any atom is -0.299 e. The average Bonchev–Trinajstić information content (AvgIpc) is 3.19. The van der Waals surface area contributed by atoms with E-state index in [2.05, 4.69) is 128 Å². The number of benzene rings is 3. The zero-order valence-corrected chi connectivity index (χ0v) is 17.3. The average molecular weight is 383 g/mol. The molecule has 1 aliphatic carbocycles. The molecule has 0 bridgehead atoms. The molecule has 0 radical (unpaired) electrons. The molecule has 0 heterocycles. The highest BCUT2D eigenvalue weighted by atomic mass is 31.1. The summed E-state index contributed by atoms with van der Waals surface area (Å²) in [4.78, 5) is 2.31. The Morgan fingerprint density at radius 1 is 0.714 bits per heavy atom. The third kappa shape index (κ3) is 4.02. The van der Waals surface area contributed by atoms with Crippen LogP contribution in [-0.4, -0.2) is 24.7 Å². The van der Waals surface area contributed by atoms with Crippen LogP contribution in [-0.2, 0) is 0 Å². The van der Waals surface area contributed by atoms with Gasteiger partial charge in [-0.15, -0.1) is 0 Å². The molecule has 0 amide bonds. The van der Waals surface area contributed by atoms with Crippen molar-refractivity contribution in [3.8, 4) is 0 Å². The zero-order chi connectivity index (χ0) is 19.3. The van der Waals surface area contributed by atoms with Crippen LogP contribution < -0.4 is 10.6 Å². The Kier molecular flexibility index (Phi) is 5.86. The molecule has 3 aromatic carbocycles. The fraction of sp³-hybridized carbons (Fsp3) is 0.154. The first-order valence-electron chi connectivity index (χ1n) is 9.74. The molecule has 0 aliphatic heterocycles. The molecule has 0 fully saturated rings. The Bertz CT molecular complexity index is 906. The number of likely N-dealkylation sites (N-methyl/N-ethyl adjacent to an activating group) is 1. The zero-order valence-electron chi connectivity index (χ0n) is 16.4. The summed E-state index contributed by atoms with van der Waals surface area (Å²) in [5.41, 5.74) is 3.15. The maximum atomic E-state index is 2.49. The van der Waals surface area contributed by atoms with Gasteiger partial charge in [-0.1, -0.05) is 109 Å². The van der Waals surface area contributed by atoms with Gasteiger partial charge in [0.25, 0.3) is 0 Å². The fourth-order valence-electron chi connectivity index (χ4n) is 3.96. The monoisotopic (exact) mass is 383 g/mol. The van der Waals surface area contributed by atoms with Crippen LogP contribution in [0.15, 0.2) is 115 Å². The largest absolute Gasteiger partial charge is 0.299 e. The number of allylic oxidation sites excluding steroid dienone is 2. The van der Waals surface area contributed by atoms with E-state index < -0.39 is 7.92 Å². The van der Waals surface area contributed by atoms with Crippen molar-refractivity contribution in [2.45, 2.75) is 11.7 Å². The van der Waals surface area contributed by atoms with E-state index in [1.165, 1.54) is 21.7 Å². The molecule has 0 aromatic heterocycles. The van der Waals surface area contributed by atoms with Gasteiger partial charge in [0.2, 0.25) is 0 Å². The second kappa shape index (κ2) is 8.69. The Morgan fingerprint density at radius 3 is 1.71 bits per heavy atom. The molecule has 1 unspecified atom stereocenters. The third-order valence-electron chi connectivity index (χ3n) is 5.16. The second-order valence-corrected chi connectivity index (χ2v) is 9.70. The van der Waals surface area contributed by atoms with Crippen LogP contribution in [0, 0.1) is 0 Å². The summed E-state index contributed by atoms with van der Waals surface area (Å²) in [6, 6.07) is 33.0. The van der Waals surface area contributed by atoms with Crippen LogP contribution in [0.3, 0.4) is 0 Å². The fourth-order valence-corrected chi connectivity index (χ4v) is 6.51. The lowest BCUT2D eigenvalue weighted by Gasteiger charge is -2.26. The first-order chi connectivity index (χ1) is 13.7. The van der Waals surface area contributed by atoms with Crippen molar-refractivity contribution < 1.29 is 0 Å². The molecule has 0 spiro atoms. The van der Waals surface area contributed by atoms with Gasteiger partial charge in [0, 0.05) is 5.66 Å². The lowest BCUT2D eigenvalue weighted by molar-refractivity contribution is 0.342. The summed E-state index contributed by atoms with van der Waals surface area (Å²) in [7, 11) is 3.85. The predicted molar refractivity (Wildman–Crippen MR) is 123 cm³/mol. The van der Waals surface area contributed by atoms with Crippen molar-refractivity contribution in [2.24, 2.45) is 0 Å². The van der Waals surface area contributed by atoms with Gasteiger partial charge in [-0.2, -0.15) is 0 Å². The first kappa shape index (κ1) is 18.9. The van der Waals surface area contributed by atoms with Gasteiger partial charge < -0.3 is 0 Å². The molecule has 3 aromatic rings. The molecule has 0 N–H and O–H groups in total. The summed E-state index contributed by atoms with van der Waals surface area (Å²) in [5, 5.41) is 2.86. The van der Waals surface area contributed by atoms with E-state index in [1.807, 2.05) is 0 Å². The minimum atomic E-state index is -0.473. The lowest BCUT2D eigenvalue weighted by atomic mass is 9.98. The van der Waals surface area contributed by atoms with E-state index in [4.69, 9.17) is 0 Å². The summed E-state index contributed by atoms with van der Waals surface area (Å²) in [6.07, 6.45) is 7.23. The van der Waals surface area contributed by atoms with Gasteiger partial charge in [-0.25, -0.2) is 0 Å². The summed E-state index contributed by atoms with van der Waals surface area (Å²) in [6.45, 7) is 0. The highest BCUT2D eigenvalue weighted by molar-refractivity contribution is 7.74. The SMILES string of the molecule is CN(C)[C@H](C1=CC(P(c2ccccc2)c2ccccc2)C=C1)c1ccccc1. The Hall–Kier alpha value is -2.47. The summed E-state index contributed by atoms with van der Waals surface area (Å²) in [5.74, 6) is 0. The van der Waals surface area contributed by atoms with Crippen LogP contribution in [0.2, 0.25) is 0 Å². The maximum Gasteiger partial charge on any atom is 0.0593 e. The van der Waals surface area contributed by atoms with E-state index in [9.17, 15) is 0 Å². The van der Waals surface area contributed by atoms with Gasteiger partial charge in [-0.05, 0) is 43.8 Å². The number of hydrogen-bond acceptors (Lipinski definition) is 1. The molecule has 0 saturated carbocycles. The molecule has 2 heteroatoms. The molecule has 140 valence electrons. The second-order valence-electron chi connectivity index (χ2n) is 7.33. The van der Waals surface area contributed by atoms with Crippen molar-refractivity contribution >= 4 is 18.5 Å². The van der Waals surface area contributed by atoms with E-state index in [0.29, 0.717) is 5.66 Å². The van der Waals surface area contributed by atoms with Crippen molar-refractivity contribution in [3.05, 3.63) is 120 Å². The highest BCUT2D eigenvalue weighted by Gasteiger charge is 2.27. The molecular weight excluding hydrogens is 357 g/mol. The van der Waals surface area contributed by atoms with Crippen LogP contribution in [0.25, 0.3) is 0 Å². The minimum absolute atomic E-state index is 0.283. The van der Waals surface area contributed by atoms with Crippen molar-refractivity contribution in [1.29, 1.82) is 0 Å². The Balaban J connectivity index is 1.72. The number of hydrogen-bond donors (Lipinski definition) is 0. The molecule has 28 heavy (non-hydrogen) atoms. The number of nitrogens with zero attached hydrogens (tertiary/aromatic N) is 1. The summed E-state index contributed by atoms with van der Waals surface area (Å²) < 4.78 is 0. The van der Waals surface area contributed by atoms with Gasteiger partial charge in [0.1, 0.15) is 0 Å². The number of rotatable bonds is 6.